The molecule has 96 valence electrons. The van der Waals surface area contributed by atoms with Crippen LogP contribution < -0.4 is 9.44 Å². The van der Waals surface area contributed by atoms with Gasteiger partial charge in [-0.2, -0.15) is 13.7 Å². The Morgan fingerprint density at radius 2 is 2.17 bits per heavy atom. The van der Waals surface area contributed by atoms with Gasteiger partial charge in [0.2, 0.25) is 0 Å². The van der Waals surface area contributed by atoms with E-state index in [1.165, 1.54) is 18.2 Å². The second-order valence-corrected chi connectivity index (χ2v) is 4.83. The molecule has 0 aliphatic heterocycles. The van der Waals surface area contributed by atoms with Gasteiger partial charge in [-0.3, -0.25) is 4.72 Å². The summed E-state index contributed by atoms with van der Waals surface area (Å²) in [6.45, 7) is 0. The number of carbonyl (C=O) groups excluding carboxylic acids is 1. The minimum atomic E-state index is -4.10. The fourth-order valence-corrected chi connectivity index (χ4v) is 2.02. The molecule has 1 amide bonds. The molecular formula is C9H8ClN3O4S. The van der Waals surface area contributed by atoms with Crippen LogP contribution in [0.5, 0.6) is 0 Å². The second kappa shape index (κ2) is 5.57. The number of hydrogen-bond acceptors (Lipinski definition) is 5. The molecule has 0 heterocycles. The van der Waals surface area contributed by atoms with Crippen molar-refractivity contribution in [1.82, 2.24) is 4.72 Å². The molecule has 0 radical (unpaired) electrons. The third kappa shape index (κ3) is 3.80. The van der Waals surface area contributed by atoms with E-state index < -0.39 is 16.3 Å². The van der Waals surface area contributed by atoms with Crippen molar-refractivity contribution in [2.75, 3.05) is 11.8 Å². The number of anilines is 1. The van der Waals surface area contributed by atoms with Gasteiger partial charge < -0.3 is 4.74 Å². The number of ether oxygens (including phenoxy) is 1. The summed E-state index contributed by atoms with van der Waals surface area (Å²) >= 11 is 5.72. The predicted molar refractivity (Wildman–Crippen MR) is 64.3 cm³/mol. The van der Waals surface area contributed by atoms with Gasteiger partial charge in [0.25, 0.3) is 0 Å². The van der Waals surface area contributed by atoms with E-state index in [-0.39, 0.29) is 16.3 Å². The third-order valence-electron chi connectivity index (χ3n) is 1.74. The first-order valence-corrected chi connectivity index (χ1v) is 6.32. The largest absolute Gasteiger partial charge is 0.452 e. The average molecular weight is 290 g/mol. The molecule has 0 bridgehead atoms. The van der Waals surface area contributed by atoms with Gasteiger partial charge >= 0.3 is 16.3 Å². The molecule has 0 aromatic heterocycles. The number of carbonyl (C=O) groups is 1. The van der Waals surface area contributed by atoms with E-state index in [1.54, 1.807) is 4.72 Å². The number of nitrogens with zero attached hydrogens (tertiary/aromatic N) is 1. The van der Waals surface area contributed by atoms with Crippen molar-refractivity contribution in [3.8, 4) is 6.07 Å². The van der Waals surface area contributed by atoms with Gasteiger partial charge in [-0.15, -0.1) is 0 Å². The van der Waals surface area contributed by atoms with Gasteiger partial charge in [0, 0.05) is 0 Å². The van der Waals surface area contributed by atoms with Crippen LogP contribution in [0.15, 0.2) is 18.2 Å². The smallest absolute Gasteiger partial charge is 0.422 e. The molecular weight excluding hydrogens is 282 g/mol. The highest BCUT2D eigenvalue weighted by Gasteiger charge is 2.14. The van der Waals surface area contributed by atoms with Crippen molar-refractivity contribution in [1.29, 1.82) is 5.26 Å². The zero-order chi connectivity index (χ0) is 13.8. The van der Waals surface area contributed by atoms with Crippen molar-refractivity contribution < 1.29 is 17.9 Å². The van der Waals surface area contributed by atoms with E-state index in [9.17, 15) is 13.2 Å². The van der Waals surface area contributed by atoms with E-state index in [1.807, 2.05) is 10.8 Å². The monoisotopic (exact) mass is 289 g/mol. The molecule has 2 N–H and O–H groups in total. The summed E-state index contributed by atoms with van der Waals surface area (Å²) in [6.07, 6.45) is -1.12. The Labute approximate surface area is 108 Å². The molecule has 0 saturated carbocycles. The zero-order valence-corrected chi connectivity index (χ0v) is 10.7. The van der Waals surface area contributed by atoms with Gasteiger partial charge in [-0.05, 0) is 18.2 Å². The quantitative estimate of drug-likeness (QED) is 0.870. The van der Waals surface area contributed by atoms with Crippen LogP contribution in [0, 0.1) is 11.3 Å². The summed E-state index contributed by atoms with van der Waals surface area (Å²) in [5.41, 5.74) is 0.316. The SMILES string of the molecule is COC(=O)NS(=O)(=O)Nc1ccc(C#N)c(Cl)c1. The maximum absolute atomic E-state index is 11.4. The number of methoxy groups -OCH3 is 1. The van der Waals surface area contributed by atoms with Crippen molar-refractivity contribution in [3.63, 3.8) is 0 Å². The van der Waals surface area contributed by atoms with E-state index in [2.05, 4.69) is 4.74 Å². The summed E-state index contributed by atoms with van der Waals surface area (Å²) in [6, 6.07) is 5.75. The van der Waals surface area contributed by atoms with Gasteiger partial charge in [0.15, 0.2) is 0 Å². The lowest BCUT2D eigenvalue weighted by Crippen LogP contribution is -2.35. The summed E-state index contributed by atoms with van der Waals surface area (Å²) in [7, 11) is -3.07. The van der Waals surface area contributed by atoms with Crippen LogP contribution in [0.4, 0.5) is 10.5 Å². The molecule has 0 saturated heterocycles. The van der Waals surface area contributed by atoms with Crippen LogP contribution >= 0.6 is 11.6 Å². The zero-order valence-electron chi connectivity index (χ0n) is 9.10. The van der Waals surface area contributed by atoms with E-state index in [0.29, 0.717) is 0 Å². The predicted octanol–water partition coefficient (Wildman–Crippen LogP) is 1.22. The summed E-state index contributed by atoms with van der Waals surface area (Å²) < 4.78 is 30.6. The van der Waals surface area contributed by atoms with Crippen LogP contribution in [-0.4, -0.2) is 21.6 Å². The molecule has 0 aliphatic carbocycles. The lowest BCUT2D eigenvalue weighted by atomic mass is 10.2. The lowest BCUT2D eigenvalue weighted by Gasteiger charge is -2.08. The van der Waals surface area contributed by atoms with Crippen LogP contribution in [0.2, 0.25) is 5.02 Å². The topological polar surface area (TPSA) is 108 Å². The number of amides is 1. The fourth-order valence-electron chi connectivity index (χ4n) is 1.00. The van der Waals surface area contributed by atoms with Gasteiger partial charge in [0.1, 0.15) is 6.07 Å². The minimum Gasteiger partial charge on any atom is -0.452 e. The second-order valence-electron chi connectivity index (χ2n) is 3.01. The molecule has 0 unspecified atom stereocenters. The molecule has 0 fully saturated rings. The number of halogens is 1. The number of rotatable bonds is 3. The van der Waals surface area contributed by atoms with Crippen LogP contribution in [-0.2, 0) is 14.9 Å². The molecule has 0 atom stereocenters. The minimum absolute atomic E-state index is 0.0933. The molecule has 1 aromatic carbocycles. The molecule has 0 spiro atoms. The Morgan fingerprint density at radius 3 is 2.67 bits per heavy atom. The van der Waals surface area contributed by atoms with Crippen LogP contribution in [0.25, 0.3) is 0 Å². The Morgan fingerprint density at radius 1 is 1.50 bits per heavy atom. The normalized spacial score (nSPS) is 10.3. The van der Waals surface area contributed by atoms with Crippen molar-refractivity contribution >= 4 is 33.6 Å². The van der Waals surface area contributed by atoms with E-state index in [4.69, 9.17) is 16.9 Å². The molecule has 7 nitrogen and oxygen atoms in total. The number of nitrogens with one attached hydrogen (secondary N) is 2. The summed E-state index contributed by atoms with van der Waals surface area (Å²) in [4.78, 5) is 10.8. The highest BCUT2D eigenvalue weighted by atomic mass is 35.5. The lowest BCUT2D eigenvalue weighted by molar-refractivity contribution is 0.177. The first-order valence-electron chi connectivity index (χ1n) is 4.46. The van der Waals surface area contributed by atoms with E-state index >= 15 is 0 Å². The number of benzene rings is 1. The summed E-state index contributed by atoms with van der Waals surface area (Å²) in [5, 5.41) is 8.74. The molecule has 9 heteroatoms. The fraction of sp³-hybridized carbons (Fsp3) is 0.111. The van der Waals surface area contributed by atoms with Crippen LogP contribution in [0.3, 0.4) is 0 Å². The first-order chi connectivity index (χ1) is 8.38. The molecule has 0 aliphatic rings. The highest BCUT2D eigenvalue weighted by molar-refractivity contribution is 7.91. The van der Waals surface area contributed by atoms with Crippen molar-refractivity contribution in [3.05, 3.63) is 28.8 Å². The Balaban J connectivity index is 2.89. The highest BCUT2D eigenvalue weighted by Crippen LogP contribution is 2.20. The Kier molecular flexibility index (Phi) is 4.36. The average Bonchev–Trinajstić information content (AvgIpc) is 2.27. The summed E-state index contributed by atoms with van der Waals surface area (Å²) in [5.74, 6) is 0. The molecule has 1 rings (SSSR count). The van der Waals surface area contributed by atoms with Crippen LogP contribution in [0.1, 0.15) is 5.56 Å². The van der Waals surface area contributed by atoms with Crippen molar-refractivity contribution in [2.45, 2.75) is 0 Å². The molecule has 18 heavy (non-hydrogen) atoms. The number of nitriles is 1. The third-order valence-corrected chi connectivity index (χ3v) is 3.00. The maximum atomic E-state index is 11.4. The van der Waals surface area contributed by atoms with E-state index in [0.717, 1.165) is 7.11 Å². The number of hydrogen-bond donors (Lipinski definition) is 2. The standard InChI is InChI=1S/C9H8ClN3O4S/c1-17-9(14)13-18(15,16)12-7-3-2-6(5-11)8(10)4-7/h2-4,12H,1H3,(H,13,14). The van der Waals surface area contributed by atoms with Crippen molar-refractivity contribution in [2.24, 2.45) is 0 Å². The maximum Gasteiger partial charge on any atom is 0.422 e. The first kappa shape index (κ1) is 14.1. The Bertz CT molecular complexity index is 609. The Hall–Kier alpha value is -1.98. The van der Waals surface area contributed by atoms with Gasteiger partial charge in [0.05, 0.1) is 23.4 Å². The van der Waals surface area contributed by atoms with Gasteiger partial charge in [-0.1, -0.05) is 11.6 Å². The molecule has 1 aromatic rings. The van der Waals surface area contributed by atoms with Gasteiger partial charge in [-0.25, -0.2) is 9.52 Å².